The van der Waals surface area contributed by atoms with Crippen LogP contribution in [0, 0.1) is 16.0 Å². The van der Waals surface area contributed by atoms with E-state index in [1.807, 2.05) is 48.5 Å². The highest BCUT2D eigenvalue weighted by molar-refractivity contribution is 7.07. The lowest BCUT2D eigenvalue weighted by atomic mass is 9.95. The molecular weight excluding hydrogens is 562 g/mol. The van der Waals surface area contributed by atoms with Crippen molar-refractivity contribution < 1.29 is 9.72 Å². The van der Waals surface area contributed by atoms with Crippen LogP contribution in [0.2, 0.25) is 0 Å². The number of fused-ring (bicyclic) bond motifs is 1. The summed E-state index contributed by atoms with van der Waals surface area (Å²) in [4.78, 5) is 46.6. The molecule has 1 amide bonds. The summed E-state index contributed by atoms with van der Waals surface area (Å²) in [6.07, 6.45) is 3.79. The molecule has 1 N–H and O–H groups in total. The molecule has 6 rings (SSSR count). The molecule has 1 aromatic heterocycles. The fourth-order valence-electron chi connectivity index (χ4n) is 5.73. The average Bonchev–Trinajstić information content (AvgIpc) is 3.31. The summed E-state index contributed by atoms with van der Waals surface area (Å²) in [6, 6.07) is 22.7. The van der Waals surface area contributed by atoms with Crippen molar-refractivity contribution >= 4 is 40.4 Å². The number of nitro benzene ring substituents is 1. The smallest absolute Gasteiger partial charge is 0.271 e. The van der Waals surface area contributed by atoms with Gasteiger partial charge in [0.25, 0.3) is 17.2 Å². The van der Waals surface area contributed by atoms with Crippen molar-refractivity contribution in [2.75, 3.05) is 23.3 Å². The van der Waals surface area contributed by atoms with Gasteiger partial charge in [-0.25, -0.2) is 4.99 Å². The lowest BCUT2D eigenvalue weighted by molar-refractivity contribution is -0.384. The maximum absolute atomic E-state index is 14.2. The molecule has 3 aromatic carbocycles. The third kappa shape index (κ3) is 5.65. The second-order valence-electron chi connectivity index (χ2n) is 11.0. The monoisotopic (exact) mass is 593 g/mol. The highest BCUT2D eigenvalue weighted by Crippen LogP contribution is 2.32. The zero-order valence-corrected chi connectivity index (χ0v) is 24.7. The maximum atomic E-state index is 14.2. The number of carbonyl (C=O) groups is 1. The standard InChI is InChI=1S/C33H31N5O4S/c1-21-15-17-36(18-16-21)27-14-13-26(38(41)42)19-24(27)20-28-32(40)37-30(23-9-5-3-6-10-23)29(22(2)34-33(37)43-28)31(39)35-25-11-7-4-8-12-25/h3-14,19-21,30H,15-18H2,1-2H3,(H,35,39)/b28-20+/t30-/m0/s1. The molecule has 10 heteroatoms. The topological polar surface area (TPSA) is 110 Å². The van der Waals surface area contributed by atoms with Crippen molar-refractivity contribution in [3.05, 3.63) is 131 Å². The highest BCUT2D eigenvalue weighted by atomic mass is 32.1. The van der Waals surface area contributed by atoms with Gasteiger partial charge in [-0.15, -0.1) is 0 Å². The quantitative estimate of drug-likeness (QED) is 0.250. The zero-order valence-electron chi connectivity index (χ0n) is 23.9. The number of thiazole rings is 1. The summed E-state index contributed by atoms with van der Waals surface area (Å²) in [6.45, 7) is 5.69. The first-order valence-corrected chi connectivity index (χ1v) is 15.1. The van der Waals surface area contributed by atoms with Gasteiger partial charge in [0.15, 0.2) is 4.80 Å². The Hall–Kier alpha value is -4.83. The van der Waals surface area contributed by atoms with E-state index in [0.29, 0.717) is 37.8 Å². The van der Waals surface area contributed by atoms with Crippen molar-refractivity contribution in [3.8, 4) is 0 Å². The van der Waals surface area contributed by atoms with Gasteiger partial charge in [0.05, 0.1) is 26.8 Å². The highest BCUT2D eigenvalue weighted by Gasteiger charge is 2.32. The van der Waals surface area contributed by atoms with Crippen LogP contribution in [0.3, 0.4) is 0 Å². The van der Waals surface area contributed by atoms with Gasteiger partial charge in [-0.05, 0) is 55.5 Å². The van der Waals surface area contributed by atoms with Crippen LogP contribution in [0.15, 0.2) is 99.9 Å². The van der Waals surface area contributed by atoms with Crippen molar-refractivity contribution in [2.45, 2.75) is 32.7 Å². The van der Waals surface area contributed by atoms with Gasteiger partial charge in [0.2, 0.25) is 0 Å². The molecule has 0 bridgehead atoms. The minimum Gasteiger partial charge on any atom is -0.371 e. The fraction of sp³-hybridized carbons (Fsp3) is 0.242. The number of anilines is 2. The minimum atomic E-state index is -0.698. The van der Waals surface area contributed by atoms with Crippen LogP contribution < -0.4 is 25.1 Å². The lowest BCUT2D eigenvalue weighted by Crippen LogP contribution is -2.40. The lowest BCUT2D eigenvalue weighted by Gasteiger charge is -2.33. The number of para-hydroxylation sites is 1. The van der Waals surface area contributed by atoms with E-state index in [-0.39, 0.29) is 17.2 Å². The molecule has 0 radical (unpaired) electrons. The number of hydrogen-bond donors (Lipinski definition) is 1. The van der Waals surface area contributed by atoms with E-state index in [1.54, 1.807) is 35.8 Å². The van der Waals surface area contributed by atoms with E-state index >= 15 is 0 Å². The van der Waals surface area contributed by atoms with Crippen molar-refractivity contribution in [3.63, 3.8) is 0 Å². The Morgan fingerprint density at radius 2 is 1.72 bits per heavy atom. The fourth-order valence-corrected chi connectivity index (χ4v) is 6.77. The first kappa shape index (κ1) is 28.3. The van der Waals surface area contributed by atoms with Crippen LogP contribution in [0.5, 0.6) is 0 Å². The van der Waals surface area contributed by atoms with Crippen LogP contribution >= 0.6 is 11.3 Å². The molecule has 3 heterocycles. The Morgan fingerprint density at radius 1 is 1.05 bits per heavy atom. The van der Waals surface area contributed by atoms with E-state index in [4.69, 9.17) is 4.99 Å². The molecule has 2 aliphatic rings. The molecule has 1 atom stereocenters. The summed E-state index contributed by atoms with van der Waals surface area (Å²) in [5, 5.41) is 14.6. The van der Waals surface area contributed by atoms with Crippen LogP contribution in [-0.4, -0.2) is 28.5 Å². The van der Waals surface area contributed by atoms with Gasteiger partial charge < -0.3 is 10.2 Å². The number of carbonyl (C=O) groups excluding carboxylic acids is 1. The van der Waals surface area contributed by atoms with E-state index in [0.717, 1.165) is 37.2 Å². The number of amides is 1. The first-order chi connectivity index (χ1) is 20.8. The third-order valence-electron chi connectivity index (χ3n) is 8.05. The van der Waals surface area contributed by atoms with Gasteiger partial charge in [0, 0.05) is 42.2 Å². The zero-order chi connectivity index (χ0) is 30.1. The van der Waals surface area contributed by atoms with Gasteiger partial charge >= 0.3 is 0 Å². The number of nitro groups is 1. The molecule has 9 nitrogen and oxygen atoms in total. The van der Waals surface area contributed by atoms with Crippen molar-refractivity contribution in [1.82, 2.24) is 4.57 Å². The number of hydrogen-bond acceptors (Lipinski definition) is 7. The molecule has 0 aliphatic carbocycles. The SMILES string of the molecule is CC1=C(C(=O)Nc2ccccc2)[C@H](c2ccccc2)n2c(s/c(=C/c3cc([N+](=O)[O-])ccc3N3CCC(C)CC3)c2=O)=N1. The number of piperidine rings is 1. The second kappa shape index (κ2) is 11.8. The Morgan fingerprint density at radius 3 is 2.40 bits per heavy atom. The largest absolute Gasteiger partial charge is 0.371 e. The Labute approximate surface area is 252 Å². The normalized spacial score (nSPS) is 17.4. The number of rotatable bonds is 6. The molecule has 1 fully saturated rings. The summed E-state index contributed by atoms with van der Waals surface area (Å²) < 4.78 is 1.96. The summed E-state index contributed by atoms with van der Waals surface area (Å²) >= 11 is 1.22. The number of nitrogens with zero attached hydrogens (tertiary/aromatic N) is 4. The van der Waals surface area contributed by atoms with E-state index in [2.05, 4.69) is 17.1 Å². The van der Waals surface area contributed by atoms with Gasteiger partial charge in [-0.3, -0.25) is 24.3 Å². The predicted molar refractivity (Wildman–Crippen MR) is 169 cm³/mol. The molecule has 0 saturated carbocycles. The Balaban J connectivity index is 1.49. The van der Waals surface area contributed by atoms with Gasteiger partial charge in [-0.2, -0.15) is 0 Å². The molecular formula is C33H31N5O4S. The molecule has 0 unspecified atom stereocenters. The van der Waals surface area contributed by atoms with Crippen molar-refractivity contribution in [1.29, 1.82) is 0 Å². The van der Waals surface area contributed by atoms with Crippen molar-refractivity contribution in [2.24, 2.45) is 10.9 Å². The second-order valence-corrected chi connectivity index (χ2v) is 12.0. The predicted octanol–water partition coefficient (Wildman–Crippen LogP) is 5.02. The molecule has 0 spiro atoms. The van der Waals surface area contributed by atoms with Gasteiger partial charge in [0.1, 0.15) is 0 Å². The Kier molecular flexibility index (Phi) is 7.77. The van der Waals surface area contributed by atoms with Crippen LogP contribution in [-0.2, 0) is 4.79 Å². The number of benzene rings is 3. The van der Waals surface area contributed by atoms with E-state index in [1.165, 1.54) is 23.5 Å². The van der Waals surface area contributed by atoms with Crippen LogP contribution in [0.1, 0.15) is 43.9 Å². The summed E-state index contributed by atoms with van der Waals surface area (Å²) in [5.74, 6) is 0.284. The summed E-state index contributed by atoms with van der Waals surface area (Å²) in [5.41, 5.74) is 3.46. The van der Waals surface area contributed by atoms with E-state index < -0.39 is 11.0 Å². The Bertz CT molecular complexity index is 1910. The maximum Gasteiger partial charge on any atom is 0.271 e. The van der Waals surface area contributed by atoms with Crippen LogP contribution in [0.25, 0.3) is 6.08 Å². The average molecular weight is 594 g/mol. The van der Waals surface area contributed by atoms with E-state index in [9.17, 15) is 19.7 Å². The van der Waals surface area contributed by atoms with Crippen LogP contribution in [0.4, 0.5) is 17.1 Å². The third-order valence-corrected chi connectivity index (χ3v) is 9.03. The minimum absolute atomic E-state index is 0.0361. The number of nitrogens with one attached hydrogen (secondary N) is 1. The van der Waals surface area contributed by atoms with Gasteiger partial charge in [-0.1, -0.05) is 66.8 Å². The molecule has 4 aromatic rings. The molecule has 43 heavy (non-hydrogen) atoms. The molecule has 1 saturated heterocycles. The molecule has 2 aliphatic heterocycles. The number of allylic oxidation sites excluding steroid dienone is 1. The number of aromatic nitrogens is 1. The summed E-state index contributed by atoms with van der Waals surface area (Å²) in [7, 11) is 0. The first-order valence-electron chi connectivity index (χ1n) is 14.3. The number of non-ortho nitro benzene ring substituents is 1. The molecule has 218 valence electrons.